The number of benzene rings is 4. The number of hydrogen-bond donors (Lipinski definition) is 1. The molecular formula is C40H43IrN2O3-. The Hall–Kier alpha value is -3.86. The number of allylic oxidation sites excluding steroid dienone is 2. The maximum atomic E-state index is 12.2. The summed E-state index contributed by atoms with van der Waals surface area (Å²) in [6, 6.07) is 26.0. The number of aliphatic hydroxyl groups is 1. The van der Waals surface area contributed by atoms with Gasteiger partial charge in [-0.2, -0.15) is 0 Å². The fraction of sp³-hybridized carbons (Fsp3) is 0.325. The van der Waals surface area contributed by atoms with Gasteiger partial charge in [0.25, 0.3) is 0 Å². The predicted octanol–water partition coefficient (Wildman–Crippen LogP) is 11.1. The molecule has 5 nitrogen and oxygen atoms in total. The molecular weight excluding hydrogens is 749 g/mol. The Morgan fingerprint density at radius 1 is 0.826 bits per heavy atom. The topological polar surface area (TPSA) is 76.2 Å². The van der Waals surface area contributed by atoms with Gasteiger partial charge in [-0.05, 0) is 55.0 Å². The Bertz CT molecular complexity index is 2030. The first-order valence-electron chi connectivity index (χ1n) is 16.0. The molecule has 1 radical (unpaired) electrons. The molecule has 0 atom stereocenters. The van der Waals surface area contributed by atoms with E-state index in [4.69, 9.17) is 4.42 Å². The van der Waals surface area contributed by atoms with Crippen molar-refractivity contribution in [3.63, 3.8) is 0 Å². The number of aliphatic hydroxyl groups excluding tert-OH is 1. The van der Waals surface area contributed by atoms with Gasteiger partial charge in [-0.3, -0.25) is 9.78 Å². The zero-order chi connectivity index (χ0) is 32.4. The Balaban J connectivity index is 0.000000234. The summed E-state index contributed by atoms with van der Waals surface area (Å²) in [7, 11) is 0. The van der Waals surface area contributed by atoms with Crippen LogP contribution in [0.4, 0.5) is 0 Å². The number of carbonyl (C=O) groups is 1. The number of nitrogens with zero attached hydrogens (tertiary/aromatic N) is 2. The van der Waals surface area contributed by atoms with Crippen LogP contribution in [-0.4, -0.2) is 20.9 Å². The van der Waals surface area contributed by atoms with Crippen LogP contribution < -0.4 is 0 Å². The second-order valence-electron chi connectivity index (χ2n) is 12.5. The van der Waals surface area contributed by atoms with Crippen molar-refractivity contribution in [3.8, 4) is 11.3 Å². The molecule has 0 aliphatic rings. The maximum absolute atomic E-state index is 12.2. The van der Waals surface area contributed by atoms with Gasteiger partial charge in [0.1, 0.15) is 17.7 Å². The summed E-state index contributed by atoms with van der Waals surface area (Å²) in [6.07, 6.45) is 6.39. The molecule has 0 spiro atoms. The van der Waals surface area contributed by atoms with Crippen LogP contribution >= 0.6 is 0 Å². The number of fused-ring (bicyclic) bond motifs is 6. The van der Waals surface area contributed by atoms with Crippen LogP contribution in [0.15, 0.2) is 89.3 Å². The number of ketones is 1. The molecule has 6 aromatic rings. The van der Waals surface area contributed by atoms with Gasteiger partial charge in [-0.1, -0.05) is 101 Å². The number of aryl methyl sites for hydroxylation is 1. The van der Waals surface area contributed by atoms with Crippen LogP contribution in [0, 0.1) is 23.8 Å². The van der Waals surface area contributed by atoms with Crippen LogP contribution in [0.1, 0.15) is 72.8 Å². The van der Waals surface area contributed by atoms with Crippen LogP contribution in [0.25, 0.3) is 54.9 Å². The van der Waals surface area contributed by atoms with Gasteiger partial charge in [0, 0.05) is 53.5 Å². The first-order valence-corrected chi connectivity index (χ1v) is 16.0. The molecule has 0 fully saturated rings. The number of para-hydroxylation sites is 1. The van der Waals surface area contributed by atoms with E-state index in [1.54, 1.807) is 6.33 Å². The molecule has 0 aliphatic heterocycles. The summed E-state index contributed by atoms with van der Waals surface area (Å²) in [5.74, 6) is 0.286. The third kappa shape index (κ3) is 6.38. The normalized spacial score (nSPS) is 12.3. The third-order valence-electron chi connectivity index (χ3n) is 10.0. The molecule has 0 unspecified atom stereocenters. The SMILES string of the molecule is CCC(C)(CC)C(=O)/C=C(\O)C(C)(CC)CC.Cc1cc2c(-c3[c-]ccc4c3oc3ccccc34)ncnc2c2ccccc12.[Ir]. The minimum absolute atomic E-state index is 0. The zero-order valence-corrected chi connectivity index (χ0v) is 30.2. The van der Waals surface area contributed by atoms with E-state index >= 15 is 0 Å². The fourth-order valence-electron chi connectivity index (χ4n) is 5.82. The van der Waals surface area contributed by atoms with Crippen molar-refractivity contribution in [1.29, 1.82) is 0 Å². The molecule has 46 heavy (non-hydrogen) atoms. The van der Waals surface area contributed by atoms with Gasteiger partial charge in [0.2, 0.25) is 0 Å². The van der Waals surface area contributed by atoms with E-state index in [0.717, 1.165) is 75.2 Å². The van der Waals surface area contributed by atoms with Gasteiger partial charge < -0.3 is 9.52 Å². The summed E-state index contributed by atoms with van der Waals surface area (Å²) in [6.45, 7) is 14.2. The van der Waals surface area contributed by atoms with E-state index in [0.29, 0.717) is 0 Å². The van der Waals surface area contributed by atoms with Crippen LogP contribution in [0.2, 0.25) is 0 Å². The van der Waals surface area contributed by atoms with Gasteiger partial charge in [0.15, 0.2) is 5.78 Å². The number of hydrogen-bond acceptors (Lipinski definition) is 5. The first-order chi connectivity index (χ1) is 21.6. The summed E-state index contributed by atoms with van der Waals surface area (Å²) < 4.78 is 6.21. The Morgan fingerprint density at radius 3 is 2.09 bits per heavy atom. The van der Waals surface area contributed by atoms with E-state index < -0.39 is 0 Å². The molecule has 0 saturated heterocycles. The molecule has 4 aromatic carbocycles. The summed E-state index contributed by atoms with van der Waals surface area (Å²) >= 11 is 0. The van der Waals surface area contributed by atoms with E-state index in [1.165, 1.54) is 17.0 Å². The van der Waals surface area contributed by atoms with E-state index in [-0.39, 0.29) is 42.5 Å². The molecule has 2 aromatic heterocycles. The molecule has 0 aliphatic carbocycles. The monoisotopic (exact) mass is 792 g/mol. The van der Waals surface area contributed by atoms with Crippen molar-refractivity contribution in [1.82, 2.24) is 9.97 Å². The van der Waals surface area contributed by atoms with E-state index in [2.05, 4.69) is 65.4 Å². The standard InChI is InChI=1S/C25H15N2O.C15H28O2.Ir/c1-15-13-21-23(18-9-3-2-7-16(15)18)26-14-27-24(21)20-11-6-10-19-17-8-4-5-12-22(17)28-25(19)20;1-7-14(5,8-2)12(16)11-13(17)15(6,9-3)10-4;/h2-10,12-14H,1H3;11,16H,7-10H2,1-6H3;/q-1;;/b;12-11-;. The number of aromatic nitrogens is 2. The predicted molar refractivity (Wildman–Crippen MR) is 186 cm³/mol. The van der Waals surface area contributed by atoms with Crippen molar-refractivity contribution >= 4 is 49.4 Å². The van der Waals surface area contributed by atoms with E-state index in [1.807, 2.05) is 65.8 Å². The summed E-state index contributed by atoms with van der Waals surface area (Å²) in [4.78, 5) is 21.4. The van der Waals surface area contributed by atoms with Crippen molar-refractivity contribution < 1.29 is 34.4 Å². The Morgan fingerprint density at radius 2 is 1.43 bits per heavy atom. The molecule has 0 saturated carbocycles. The average Bonchev–Trinajstić information content (AvgIpc) is 3.47. The Labute approximate surface area is 285 Å². The minimum atomic E-state index is -0.337. The second-order valence-corrected chi connectivity index (χ2v) is 12.5. The molecule has 6 rings (SSSR count). The fourth-order valence-corrected chi connectivity index (χ4v) is 5.82. The third-order valence-corrected chi connectivity index (χ3v) is 10.0. The molecule has 2 heterocycles. The van der Waals surface area contributed by atoms with Crippen LogP contribution in [-0.2, 0) is 24.9 Å². The van der Waals surface area contributed by atoms with Crippen molar-refractivity contribution in [2.45, 2.75) is 74.1 Å². The minimum Gasteiger partial charge on any atom is -0.512 e. The van der Waals surface area contributed by atoms with Gasteiger partial charge in [0.05, 0.1) is 11.1 Å². The molecule has 6 heteroatoms. The zero-order valence-electron chi connectivity index (χ0n) is 27.8. The quantitative estimate of drug-likeness (QED) is 0.0719. The van der Waals surface area contributed by atoms with Crippen LogP contribution in [0.5, 0.6) is 0 Å². The number of furan rings is 1. The smallest absolute Gasteiger partial charge is 0.164 e. The average molecular weight is 792 g/mol. The Kier molecular flexibility index (Phi) is 10.9. The van der Waals surface area contributed by atoms with Crippen molar-refractivity contribution in [2.75, 3.05) is 0 Å². The molecule has 1 N–H and O–H groups in total. The van der Waals surface area contributed by atoms with Gasteiger partial charge >= 0.3 is 0 Å². The number of rotatable bonds is 8. The largest absolute Gasteiger partial charge is 0.512 e. The number of carbonyl (C=O) groups excluding carboxylic acids is 1. The van der Waals surface area contributed by atoms with E-state index in [9.17, 15) is 9.90 Å². The van der Waals surface area contributed by atoms with Crippen molar-refractivity contribution in [3.05, 3.63) is 96.5 Å². The van der Waals surface area contributed by atoms with Crippen LogP contribution in [0.3, 0.4) is 0 Å². The summed E-state index contributed by atoms with van der Waals surface area (Å²) in [5.41, 5.74) is 4.96. The second kappa shape index (κ2) is 14.3. The molecule has 0 amide bonds. The molecule has 241 valence electrons. The first kappa shape index (κ1) is 35.0. The maximum Gasteiger partial charge on any atom is 0.164 e. The van der Waals surface area contributed by atoms with Crippen molar-refractivity contribution in [2.24, 2.45) is 10.8 Å². The molecule has 0 bridgehead atoms. The van der Waals surface area contributed by atoms with Gasteiger partial charge in [-0.15, -0.1) is 18.2 Å². The van der Waals surface area contributed by atoms with Gasteiger partial charge in [-0.25, -0.2) is 4.98 Å². The summed E-state index contributed by atoms with van der Waals surface area (Å²) in [5, 5.41) is 15.7.